The Hall–Kier alpha value is -3.09. The largest absolute Gasteiger partial charge is 0.469 e. The number of amides is 4. The second-order valence-electron chi connectivity index (χ2n) is 5.68. The average molecular weight is 327 g/mol. The lowest BCUT2D eigenvalue weighted by Crippen LogP contribution is -2.47. The third kappa shape index (κ3) is 2.88. The van der Waals surface area contributed by atoms with Crippen molar-refractivity contribution in [1.82, 2.24) is 15.8 Å². The molecule has 7 heteroatoms. The molecular weight excluding hydrogens is 310 g/mol. The van der Waals surface area contributed by atoms with Crippen LogP contribution in [0.5, 0.6) is 0 Å². The van der Waals surface area contributed by atoms with Gasteiger partial charge in [0.1, 0.15) is 11.3 Å². The Morgan fingerprint density at radius 2 is 1.96 bits per heavy atom. The Kier molecular flexibility index (Phi) is 4.07. The highest BCUT2D eigenvalue weighted by Crippen LogP contribution is 2.27. The SMILES string of the molecule is CC1(c2ccccc2)NC(=O)N(NC(=O)CCc2ccco2)C1=O. The van der Waals surface area contributed by atoms with E-state index in [1.165, 1.54) is 6.26 Å². The number of imide groups is 1. The van der Waals surface area contributed by atoms with Crippen molar-refractivity contribution in [3.63, 3.8) is 0 Å². The molecule has 2 aromatic rings. The predicted molar refractivity (Wildman–Crippen MR) is 84.3 cm³/mol. The Bertz CT molecular complexity index is 757. The lowest BCUT2D eigenvalue weighted by atomic mass is 9.92. The molecule has 1 unspecified atom stereocenters. The van der Waals surface area contributed by atoms with E-state index in [9.17, 15) is 14.4 Å². The molecule has 1 aromatic heterocycles. The highest BCUT2D eigenvalue weighted by molar-refractivity contribution is 6.08. The molecule has 1 aliphatic heterocycles. The number of aryl methyl sites for hydroxylation is 1. The van der Waals surface area contributed by atoms with E-state index in [0.717, 1.165) is 5.01 Å². The Morgan fingerprint density at radius 3 is 2.62 bits per heavy atom. The number of hydrogen-bond donors (Lipinski definition) is 2. The number of carbonyl (C=O) groups is 3. The lowest BCUT2D eigenvalue weighted by Gasteiger charge is -2.22. The Labute approximate surface area is 138 Å². The second kappa shape index (κ2) is 6.19. The third-order valence-corrected chi connectivity index (χ3v) is 3.96. The summed E-state index contributed by atoms with van der Waals surface area (Å²) >= 11 is 0. The molecule has 124 valence electrons. The van der Waals surface area contributed by atoms with Crippen molar-refractivity contribution in [2.24, 2.45) is 0 Å². The van der Waals surface area contributed by atoms with E-state index in [1.807, 2.05) is 6.07 Å². The number of rotatable bonds is 5. The minimum Gasteiger partial charge on any atom is -0.469 e. The van der Waals surface area contributed by atoms with Crippen LogP contribution >= 0.6 is 0 Å². The van der Waals surface area contributed by atoms with Gasteiger partial charge < -0.3 is 9.73 Å². The summed E-state index contributed by atoms with van der Waals surface area (Å²) in [6.45, 7) is 1.61. The van der Waals surface area contributed by atoms with Gasteiger partial charge in [-0.05, 0) is 24.6 Å². The zero-order chi connectivity index (χ0) is 17.2. The zero-order valence-corrected chi connectivity index (χ0v) is 13.1. The molecule has 4 amide bonds. The fraction of sp³-hybridized carbons (Fsp3) is 0.235. The van der Waals surface area contributed by atoms with Crippen LogP contribution < -0.4 is 10.7 Å². The first-order valence-corrected chi connectivity index (χ1v) is 7.55. The van der Waals surface area contributed by atoms with E-state index < -0.39 is 23.4 Å². The van der Waals surface area contributed by atoms with Gasteiger partial charge in [-0.2, -0.15) is 5.01 Å². The molecule has 1 fully saturated rings. The summed E-state index contributed by atoms with van der Waals surface area (Å²) in [7, 11) is 0. The molecule has 0 spiro atoms. The van der Waals surface area contributed by atoms with Crippen LogP contribution in [-0.2, 0) is 21.5 Å². The van der Waals surface area contributed by atoms with Gasteiger partial charge in [0.25, 0.3) is 5.91 Å². The maximum atomic E-state index is 12.6. The molecule has 7 nitrogen and oxygen atoms in total. The van der Waals surface area contributed by atoms with Crippen molar-refractivity contribution in [3.05, 3.63) is 60.1 Å². The summed E-state index contributed by atoms with van der Waals surface area (Å²) in [5.74, 6) is -0.297. The summed E-state index contributed by atoms with van der Waals surface area (Å²) in [6.07, 6.45) is 2.01. The molecule has 3 rings (SSSR count). The van der Waals surface area contributed by atoms with E-state index in [4.69, 9.17) is 4.42 Å². The monoisotopic (exact) mass is 327 g/mol. The van der Waals surface area contributed by atoms with E-state index in [-0.39, 0.29) is 6.42 Å². The average Bonchev–Trinajstić information content (AvgIpc) is 3.17. The number of furan rings is 1. The maximum Gasteiger partial charge on any atom is 0.344 e. The van der Waals surface area contributed by atoms with Crippen LogP contribution in [0.15, 0.2) is 53.1 Å². The van der Waals surface area contributed by atoms with Crippen LogP contribution in [-0.4, -0.2) is 22.9 Å². The van der Waals surface area contributed by atoms with E-state index >= 15 is 0 Å². The number of urea groups is 1. The highest BCUT2D eigenvalue weighted by atomic mass is 16.3. The molecule has 1 aromatic carbocycles. The van der Waals surface area contributed by atoms with Crippen LogP contribution in [0.4, 0.5) is 4.79 Å². The molecule has 1 saturated heterocycles. The molecular formula is C17H17N3O4. The fourth-order valence-corrected chi connectivity index (χ4v) is 2.58. The third-order valence-electron chi connectivity index (χ3n) is 3.96. The second-order valence-corrected chi connectivity index (χ2v) is 5.68. The van der Waals surface area contributed by atoms with Crippen molar-refractivity contribution in [1.29, 1.82) is 0 Å². The molecule has 2 N–H and O–H groups in total. The van der Waals surface area contributed by atoms with Crippen LogP contribution in [0.1, 0.15) is 24.7 Å². The van der Waals surface area contributed by atoms with Gasteiger partial charge in [0.2, 0.25) is 5.91 Å². The summed E-state index contributed by atoms with van der Waals surface area (Å²) in [5.41, 5.74) is 1.80. The predicted octanol–water partition coefficient (Wildman–Crippen LogP) is 1.71. The number of nitrogens with zero attached hydrogens (tertiary/aromatic N) is 1. The quantitative estimate of drug-likeness (QED) is 0.818. The number of hydrazine groups is 1. The van der Waals surface area contributed by atoms with E-state index in [2.05, 4.69) is 10.7 Å². The standard InChI is InChI=1S/C17H17N3O4/c1-17(12-6-3-2-4-7-12)15(22)20(16(23)18-17)19-14(21)10-9-13-8-5-11-24-13/h2-8,11H,9-10H2,1H3,(H,18,23)(H,19,21). The fourth-order valence-electron chi connectivity index (χ4n) is 2.58. The van der Waals surface area contributed by atoms with Crippen LogP contribution in [0, 0.1) is 0 Å². The van der Waals surface area contributed by atoms with Crippen molar-refractivity contribution < 1.29 is 18.8 Å². The Balaban J connectivity index is 1.67. The smallest absolute Gasteiger partial charge is 0.344 e. The number of benzene rings is 1. The van der Waals surface area contributed by atoms with E-state index in [0.29, 0.717) is 17.7 Å². The van der Waals surface area contributed by atoms with Crippen molar-refractivity contribution >= 4 is 17.8 Å². The van der Waals surface area contributed by atoms with Crippen LogP contribution in [0.3, 0.4) is 0 Å². The van der Waals surface area contributed by atoms with Gasteiger partial charge in [-0.15, -0.1) is 0 Å². The van der Waals surface area contributed by atoms with Gasteiger partial charge in [0.05, 0.1) is 6.26 Å². The van der Waals surface area contributed by atoms with Crippen molar-refractivity contribution in [2.45, 2.75) is 25.3 Å². The number of nitrogens with one attached hydrogen (secondary N) is 2. The molecule has 1 aliphatic rings. The van der Waals surface area contributed by atoms with Crippen molar-refractivity contribution in [2.75, 3.05) is 0 Å². The summed E-state index contributed by atoms with van der Waals surface area (Å²) in [4.78, 5) is 36.7. The minimum atomic E-state index is -1.20. The van der Waals surface area contributed by atoms with E-state index in [1.54, 1.807) is 43.3 Å². The Morgan fingerprint density at radius 1 is 1.21 bits per heavy atom. The molecule has 0 aliphatic carbocycles. The molecule has 24 heavy (non-hydrogen) atoms. The van der Waals surface area contributed by atoms with Crippen molar-refractivity contribution in [3.8, 4) is 0 Å². The first kappa shape index (κ1) is 15.8. The number of carbonyl (C=O) groups excluding carboxylic acids is 3. The first-order valence-electron chi connectivity index (χ1n) is 7.55. The zero-order valence-electron chi connectivity index (χ0n) is 13.1. The van der Waals surface area contributed by atoms with Gasteiger partial charge in [0, 0.05) is 12.8 Å². The van der Waals surface area contributed by atoms with Crippen LogP contribution in [0.2, 0.25) is 0 Å². The molecule has 0 bridgehead atoms. The number of hydrogen-bond acceptors (Lipinski definition) is 4. The van der Waals surface area contributed by atoms with Gasteiger partial charge in [-0.25, -0.2) is 4.79 Å². The minimum absolute atomic E-state index is 0.104. The van der Waals surface area contributed by atoms with Gasteiger partial charge >= 0.3 is 6.03 Å². The lowest BCUT2D eigenvalue weighted by molar-refractivity contribution is -0.139. The summed E-state index contributed by atoms with van der Waals surface area (Å²) < 4.78 is 5.15. The molecule has 0 radical (unpaired) electrons. The normalized spacial score (nSPS) is 20.1. The first-order chi connectivity index (χ1) is 11.5. The van der Waals surface area contributed by atoms with Gasteiger partial charge in [0.15, 0.2) is 0 Å². The maximum absolute atomic E-state index is 12.6. The van der Waals surface area contributed by atoms with Gasteiger partial charge in [-0.3, -0.25) is 15.0 Å². The van der Waals surface area contributed by atoms with Gasteiger partial charge in [-0.1, -0.05) is 30.3 Å². The summed E-state index contributed by atoms with van der Waals surface area (Å²) in [6, 6.07) is 11.7. The van der Waals surface area contributed by atoms with Crippen LogP contribution in [0.25, 0.3) is 0 Å². The molecule has 2 heterocycles. The highest BCUT2D eigenvalue weighted by Gasteiger charge is 2.49. The summed E-state index contributed by atoms with van der Waals surface area (Å²) in [5, 5.41) is 3.36. The molecule has 1 atom stereocenters. The molecule has 0 saturated carbocycles. The topological polar surface area (TPSA) is 91.7 Å².